The second-order valence-corrected chi connectivity index (χ2v) is 4.84. The van der Waals surface area contributed by atoms with Gasteiger partial charge in [0.1, 0.15) is 11.5 Å². The molecule has 5 heteroatoms. The zero-order valence-electron chi connectivity index (χ0n) is 10.0. The molecule has 19 heavy (non-hydrogen) atoms. The molecular weight excluding hydrogens is 316 g/mol. The van der Waals surface area contributed by atoms with Gasteiger partial charge in [-0.15, -0.1) is 0 Å². The lowest BCUT2D eigenvalue weighted by Crippen LogP contribution is -2.15. The molecule has 0 atom stereocenters. The Balaban J connectivity index is 2.35. The lowest BCUT2D eigenvalue weighted by Gasteiger charge is -2.10. The van der Waals surface area contributed by atoms with Crippen molar-refractivity contribution in [3.63, 3.8) is 0 Å². The smallest absolute Gasteiger partial charge is 0.256 e. The number of hydrogen-bond donors (Lipinski definition) is 1. The molecule has 2 aromatic carbocycles. The van der Waals surface area contributed by atoms with E-state index in [0.29, 0.717) is 10.0 Å². The summed E-state index contributed by atoms with van der Waals surface area (Å²) in [4.78, 5) is 12.0. The average Bonchev–Trinajstić information content (AvgIpc) is 2.39. The third-order valence-corrected chi connectivity index (χ3v) is 3.33. The van der Waals surface area contributed by atoms with E-state index >= 15 is 0 Å². The Morgan fingerprint density at radius 1 is 1.16 bits per heavy atom. The highest BCUT2D eigenvalue weighted by Gasteiger charge is 2.16. The van der Waals surface area contributed by atoms with Crippen molar-refractivity contribution in [2.45, 2.75) is 6.92 Å². The third kappa shape index (κ3) is 2.81. The molecule has 0 aliphatic heterocycles. The number of anilines is 1. The minimum absolute atomic E-state index is 0.267. The fourth-order valence-electron chi connectivity index (χ4n) is 1.60. The zero-order chi connectivity index (χ0) is 14.0. The molecule has 0 saturated carbocycles. The lowest BCUT2D eigenvalue weighted by atomic mass is 10.1. The highest BCUT2D eigenvalue weighted by Crippen LogP contribution is 2.23. The third-order valence-electron chi connectivity index (χ3n) is 2.64. The first-order valence-corrected chi connectivity index (χ1v) is 6.30. The van der Waals surface area contributed by atoms with Crippen LogP contribution in [0.5, 0.6) is 0 Å². The summed E-state index contributed by atoms with van der Waals surface area (Å²) in [5.74, 6) is -2.14. The molecule has 1 N–H and O–H groups in total. The Labute approximate surface area is 117 Å². The van der Waals surface area contributed by atoms with Crippen LogP contribution in [0.2, 0.25) is 0 Å². The topological polar surface area (TPSA) is 29.1 Å². The number of aryl methyl sites for hydroxylation is 1. The van der Waals surface area contributed by atoms with Gasteiger partial charge in [0.25, 0.3) is 5.91 Å². The number of amides is 1. The van der Waals surface area contributed by atoms with Crippen LogP contribution in [0.25, 0.3) is 0 Å². The molecule has 2 rings (SSSR count). The number of benzene rings is 2. The van der Waals surface area contributed by atoms with Crippen LogP contribution >= 0.6 is 15.9 Å². The van der Waals surface area contributed by atoms with Gasteiger partial charge in [0, 0.05) is 4.47 Å². The quantitative estimate of drug-likeness (QED) is 0.876. The van der Waals surface area contributed by atoms with Gasteiger partial charge in [0.2, 0.25) is 0 Å². The summed E-state index contributed by atoms with van der Waals surface area (Å²) >= 11 is 3.21. The number of nitrogens with one attached hydrogen (secondary N) is 1. The lowest BCUT2D eigenvalue weighted by molar-refractivity contribution is 0.102. The van der Waals surface area contributed by atoms with E-state index in [2.05, 4.69) is 21.2 Å². The summed E-state index contributed by atoms with van der Waals surface area (Å²) in [6.45, 7) is 1.50. The van der Waals surface area contributed by atoms with Gasteiger partial charge in [-0.05, 0) is 46.6 Å². The summed E-state index contributed by atoms with van der Waals surface area (Å²) in [7, 11) is 0. The van der Waals surface area contributed by atoms with Crippen molar-refractivity contribution >= 4 is 27.5 Å². The summed E-state index contributed by atoms with van der Waals surface area (Å²) in [5, 5.41) is 2.26. The van der Waals surface area contributed by atoms with E-state index in [1.165, 1.54) is 13.0 Å². The molecule has 0 unspecified atom stereocenters. The molecule has 0 aliphatic rings. The van der Waals surface area contributed by atoms with Crippen LogP contribution in [-0.2, 0) is 0 Å². The molecule has 1 amide bonds. The maximum Gasteiger partial charge on any atom is 0.256 e. The number of halogens is 3. The van der Waals surface area contributed by atoms with E-state index in [1.807, 2.05) is 0 Å². The Morgan fingerprint density at radius 3 is 2.53 bits per heavy atom. The molecule has 0 spiro atoms. The molecule has 2 aromatic rings. The predicted octanol–water partition coefficient (Wildman–Crippen LogP) is 4.29. The number of hydrogen-bond acceptors (Lipinski definition) is 1. The summed E-state index contributed by atoms with van der Waals surface area (Å²) in [5.41, 5.74) is 0.146. The summed E-state index contributed by atoms with van der Waals surface area (Å²) in [6, 6.07) is 9.09. The molecule has 0 radical (unpaired) electrons. The number of carbonyl (C=O) groups excluding carboxylic acids is 1. The Kier molecular flexibility index (Phi) is 3.95. The van der Waals surface area contributed by atoms with Crippen molar-refractivity contribution in [2.24, 2.45) is 0 Å². The van der Waals surface area contributed by atoms with Crippen molar-refractivity contribution < 1.29 is 13.6 Å². The van der Waals surface area contributed by atoms with Crippen LogP contribution in [0.15, 0.2) is 40.9 Å². The highest BCUT2D eigenvalue weighted by atomic mass is 79.9. The van der Waals surface area contributed by atoms with E-state index in [4.69, 9.17) is 0 Å². The van der Waals surface area contributed by atoms with Gasteiger partial charge >= 0.3 is 0 Å². The molecule has 0 bridgehead atoms. The van der Waals surface area contributed by atoms with Gasteiger partial charge in [0.15, 0.2) is 5.82 Å². The minimum Gasteiger partial charge on any atom is -0.317 e. The molecular formula is C14H10BrF2NO. The highest BCUT2D eigenvalue weighted by molar-refractivity contribution is 9.10. The molecule has 2 nitrogen and oxygen atoms in total. The second kappa shape index (κ2) is 5.48. The van der Waals surface area contributed by atoms with Crippen LogP contribution < -0.4 is 5.32 Å². The van der Waals surface area contributed by atoms with Crippen LogP contribution in [-0.4, -0.2) is 5.91 Å². The van der Waals surface area contributed by atoms with Gasteiger partial charge in [-0.2, -0.15) is 0 Å². The Morgan fingerprint density at radius 2 is 1.84 bits per heavy atom. The van der Waals surface area contributed by atoms with Gasteiger partial charge < -0.3 is 5.32 Å². The van der Waals surface area contributed by atoms with E-state index in [-0.39, 0.29) is 5.56 Å². The minimum atomic E-state index is -0.802. The maximum atomic E-state index is 13.8. The average molecular weight is 326 g/mol. The Hall–Kier alpha value is -1.75. The summed E-state index contributed by atoms with van der Waals surface area (Å²) in [6.07, 6.45) is 0. The molecule has 0 heterocycles. The normalized spacial score (nSPS) is 10.3. The monoisotopic (exact) mass is 325 g/mol. The van der Waals surface area contributed by atoms with Crippen molar-refractivity contribution in [1.82, 2.24) is 0 Å². The van der Waals surface area contributed by atoms with E-state index < -0.39 is 23.2 Å². The van der Waals surface area contributed by atoms with Crippen LogP contribution in [0.1, 0.15) is 15.9 Å². The summed E-state index contributed by atoms with van der Waals surface area (Å²) < 4.78 is 27.9. The maximum absolute atomic E-state index is 13.8. The first-order chi connectivity index (χ1) is 9.00. The first kappa shape index (κ1) is 13.7. The first-order valence-electron chi connectivity index (χ1n) is 5.51. The molecule has 0 aliphatic carbocycles. The van der Waals surface area contributed by atoms with Gasteiger partial charge in [-0.1, -0.05) is 18.2 Å². The largest absolute Gasteiger partial charge is 0.317 e. The van der Waals surface area contributed by atoms with Gasteiger partial charge in [-0.3, -0.25) is 4.79 Å². The van der Waals surface area contributed by atoms with E-state index in [1.54, 1.807) is 24.3 Å². The van der Waals surface area contributed by atoms with Crippen molar-refractivity contribution in [1.29, 1.82) is 0 Å². The number of rotatable bonds is 2. The van der Waals surface area contributed by atoms with E-state index in [0.717, 1.165) is 6.07 Å². The van der Waals surface area contributed by atoms with Gasteiger partial charge in [0.05, 0.1) is 5.56 Å². The molecule has 0 saturated heterocycles. The predicted molar refractivity (Wildman–Crippen MR) is 73.2 cm³/mol. The fourth-order valence-corrected chi connectivity index (χ4v) is 2.06. The SMILES string of the molecule is Cc1ccc(F)c(NC(=O)c2ccccc2Br)c1F. The number of carbonyl (C=O) groups is 1. The fraction of sp³-hybridized carbons (Fsp3) is 0.0714. The second-order valence-electron chi connectivity index (χ2n) is 3.99. The van der Waals surface area contributed by atoms with Crippen LogP contribution in [0.4, 0.5) is 14.5 Å². The van der Waals surface area contributed by atoms with Crippen LogP contribution in [0, 0.1) is 18.6 Å². The zero-order valence-corrected chi connectivity index (χ0v) is 11.6. The van der Waals surface area contributed by atoms with Crippen molar-refractivity contribution in [2.75, 3.05) is 5.32 Å². The van der Waals surface area contributed by atoms with Crippen LogP contribution in [0.3, 0.4) is 0 Å². The Bertz CT molecular complexity index is 643. The molecule has 0 aromatic heterocycles. The van der Waals surface area contributed by atoms with Crippen molar-refractivity contribution in [3.05, 3.63) is 63.6 Å². The molecule has 98 valence electrons. The van der Waals surface area contributed by atoms with E-state index in [9.17, 15) is 13.6 Å². The standard InChI is InChI=1S/C14H10BrF2NO/c1-8-6-7-11(16)13(12(8)17)18-14(19)9-4-2-3-5-10(9)15/h2-7H,1H3,(H,18,19). The van der Waals surface area contributed by atoms with Crippen molar-refractivity contribution in [3.8, 4) is 0 Å². The van der Waals surface area contributed by atoms with Gasteiger partial charge in [-0.25, -0.2) is 8.78 Å². The molecule has 0 fully saturated rings.